The summed E-state index contributed by atoms with van der Waals surface area (Å²) in [5.74, 6) is 0.391. The average molecular weight is 324 g/mol. The van der Waals surface area contributed by atoms with Crippen molar-refractivity contribution in [2.24, 2.45) is 5.73 Å². The van der Waals surface area contributed by atoms with E-state index in [1.165, 1.54) is 18.2 Å². The van der Waals surface area contributed by atoms with Crippen LogP contribution in [0, 0.1) is 0 Å². The molecule has 1 amide bonds. The molecule has 0 saturated heterocycles. The fourth-order valence-corrected chi connectivity index (χ4v) is 2.81. The Morgan fingerprint density at radius 2 is 2.00 bits per heavy atom. The lowest BCUT2D eigenvalue weighted by atomic mass is 9.99. The third-order valence-electron chi connectivity index (χ3n) is 3.83. The van der Waals surface area contributed by atoms with Gasteiger partial charge in [-0.3, -0.25) is 0 Å². The minimum Gasteiger partial charge on any atom is -0.370 e. The van der Waals surface area contributed by atoms with Crippen molar-refractivity contribution in [3.8, 4) is 11.3 Å². The van der Waals surface area contributed by atoms with Gasteiger partial charge in [0.25, 0.3) is 0 Å². The summed E-state index contributed by atoms with van der Waals surface area (Å²) in [7, 11) is 0. The van der Waals surface area contributed by atoms with Crippen LogP contribution in [-0.4, -0.2) is 22.4 Å². The molecule has 122 valence electrons. The van der Waals surface area contributed by atoms with Gasteiger partial charge in [-0.25, -0.2) is 4.79 Å². The average Bonchev–Trinajstić information content (AvgIpc) is 2.68. The molecule has 1 aliphatic heterocycles. The Labute approximate surface area is 130 Å². The number of nitrogens with zero attached hydrogens (tertiary/aromatic N) is 2. The molecule has 0 unspecified atom stereocenters. The third-order valence-corrected chi connectivity index (χ3v) is 3.83. The maximum Gasteiger partial charge on any atom is 0.417 e. The second-order valence-electron chi connectivity index (χ2n) is 5.35. The molecule has 0 spiro atoms. The molecule has 2 aromatic rings. The molecule has 0 radical (unpaired) electrons. The Hall–Kier alpha value is -2.51. The fraction of sp³-hybridized carbons (Fsp3) is 0.333. The molecule has 23 heavy (non-hydrogen) atoms. The summed E-state index contributed by atoms with van der Waals surface area (Å²) in [6.07, 6.45) is -2.31. The Kier molecular flexibility index (Phi) is 3.75. The summed E-state index contributed by atoms with van der Waals surface area (Å²) in [4.78, 5) is 11.6. The third kappa shape index (κ3) is 2.76. The molecule has 5 nitrogen and oxygen atoms in total. The highest BCUT2D eigenvalue weighted by Gasteiger charge is 2.35. The fourth-order valence-electron chi connectivity index (χ4n) is 2.81. The lowest BCUT2D eigenvalue weighted by Crippen LogP contribution is -2.23. The number of primary amides is 1. The van der Waals surface area contributed by atoms with E-state index in [9.17, 15) is 18.0 Å². The largest absolute Gasteiger partial charge is 0.417 e. The second kappa shape index (κ2) is 5.60. The number of carbonyl (C=O) groups excluding carboxylic acids is 1. The molecule has 1 aromatic heterocycles. The van der Waals surface area contributed by atoms with Gasteiger partial charge in [0, 0.05) is 17.7 Å². The van der Waals surface area contributed by atoms with E-state index in [2.05, 4.69) is 10.4 Å². The highest BCUT2D eigenvalue weighted by molar-refractivity contribution is 5.83. The van der Waals surface area contributed by atoms with Gasteiger partial charge < -0.3 is 11.1 Å². The van der Waals surface area contributed by atoms with E-state index in [0.29, 0.717) is 24.3 Å². The zero-order valence-electron chi connectivity index (χ0n) is 12.2. The van der Waals surface area contributed by atoms with Crippen LogP contribution in [-0.2, 0) is 12.6 Å². The van der Waals surface area contributed by atoms with E-state index >= 15 is 0 Å². The predicted molar refractivity (Wildman–Crippen MR) is 79.1 cm³/mol. The number of nitrogens with two attached hydrogens (primary N) is 1. The van der Waals surface area contributed by atoms with Gasteiger partial charge >= 0.3 is 12.2 Å². The van der Waals surface area contributed by atoms with Gasteiger partial charge in [0.1, 0.15) is 5.82 Å². The molecule has 0 aliphatic carbocycles. The van der Waals surface area contributed by atoms with Crippen LogP contribution in [0.4, 0.5) is 23.8 Å². The summed E-state index contributed by atoms with van der Waals surface area (Å²) >= 11 is 0. The standard InChI is InChI=1S/C15H15F3N4O/c16-15(17,18)11-7-2-1-5-9(11)12-10-6-3-4-8-20-13(10)22(21-12)14(19)23/h1-2,5,7,20H,3-4,6,8H2,(H2,19,23). The van der Waals surface area contributed by atoms with E-state index in [1.54, 1.807) is 0 Å². The number of rotatable bonds is 1. The molecule has 3 rings (SSSR count). The molecule has 0 bridgehead atoms. The van der Waals surface area contributed by atoms with Crippen LogP contribution in [0.3, 0.4) is 0 Å². The first-order valence-electron chi connectivity index (χ1n) is 7.22. The van der Waals surface area contributed by atoms with E-state index in [-0.39, 0.29) is 11.3 Å². The van der Waals surface area contributed by atoms with Gasteiger partial charge in [-0.2, -0.15) is 23.0 Å². The first-order valence-corrected chi connectivity index (χ1v) is 7.22. The Bertz CT molecular complexity index is 752. The number of carbonyl (C=O) groups is 1. The summed E-state index contributed by atoms with van der Waals surface area (Å²) in [6, 6.07) is 4.39. The van der Waals surface area contributed by atoms with Crippen LogP contribution in [0.1, 0.15) is 24.0 Å². The highest BCUT2D eigenvalue weighted by atomic mass is 19.4. The summed E-state index contributed by atoms with van der Waals surface area (Å²) in [5, 5.41) is 7.10. The quantitative estimate of drug-likeness (QED) is 0.846. The van der Waals surface area contributed by atoms with E-state index in [1.807, 2.05) is 0 Å². The van der Waals surface area contributed by atoms with Crippen LogP contribution in [0.15, 0.2) is 24.3 Å². The molecule has 2 heterocycles. The molecule has 0 atom stereocenters. The van der Waals surface area contributed by atoms with Gasteiger partial charge in [-0.05, 0) is 25.3 Å². The number of nitrogens with one attached hydrogen (secondary N) is 1. The minimum atomic E-state index is -4.50. The van der Waals surface area contributed by atoms with Crippen molar-refractivity contribution in [3.63, 3.8) is 0 Å². The maximum absolute atomic E-state index is 13.3. The number of hydrogen-bond acceptors (Lipinski definition) is 3. The zero-order valence-corrected chi connectivity index (χ0v) is 12.2. The van der Waals surface area contributed by atoms with Gasteiger partial charge in [0.05, 0.1) is 11.3 Å². The summed E-state index contributed by atoms with van der Waals surface area (Å²) in [5.41, 5.74) is 5.23. The van der Waals surface area contributed by atoms with E-state index in [4.69, 9.17) is 5.73 Å². The van der Waals surface area contributed by atoms with Gasteiger partial charge in [-0.15, -0.1) is 0 Å². The number of fused-ring (bicyclic) bond motifs is 1. The van der Waals surface area contributed by atoms with Gasteiger partial charge in [-0.1, -0.05) is 18.2 Å². The number of anilines is 1. The molecule has 8 heteroatoms. The molecule has 0 fully saturated rings. The van der Waals surface area contributed by atoms with Crippen molar-refractivity contribution >= 4 is 11.8 Å². The SMILES string of the molecule is NC(=O)n1nc(-c2ccccc2C(F)(F)F)c2c1NCCCC2. The smallest absolute Gasteiger partial charge is 0.370 e. The Morgan fingerprint density at radius 3 is 2.70 bits per heavy atom. The summed E-state index contributed by atoms with van der Waals surface area (Å²) < 4.78 is 40.8. The van der Waals surface area contributed by atoms with Gasteiger partial charge in [0.15, 0.2) is 0 Å². The topological polar surface area (TPSA) is 72.9 Å². The number of halogens is 3. The van der Waals surface area contributed by atoms with Crippen molar-refractivity contribution in [3.05, 3.63) is 35.4 Å². The zero-order chi connectivity index (χ0) is 16.6. The second-order valence-corrected chi connectivity index (χ2v) is 5.35. The van der Waals surface area contributed by atoms with Crippen molar-refractivity contribution in [1.82, 2.24) is 9.78 Å². The molecular weight excluding hydrogens is 309 g/mol. The monoisotopic (exact) mass is 324 g/mol. The van der Waals surface area contributed by atoms with Crippen LogP contribution in [0.5, 0.6) is 0 Å². The van der Waals surface area contributed by atoms with Crippen molar-refractivity contribution in [2.45, 2.75) is 25.4 Å². The molecule has 1 aromatic carbocycles. The first-order chi connectivity index (χ1) is 10.9. The minimum absolute atomic E-state index is 0.0417. The van der Waals surface area contributed by atoms with Gasteiger partial charge in [0.2, 0.25) is 0 Å². The van der Waals surface area contributed by atoms with Crippen LogP contribution < -0.4 is 11.1 Å². The molecule has 1 aliphatic rings. The Morgan fingerprint density at radius 1 is 1.26 bits per heavy atom. The number of aromatic nitrogens is 2. The van der Waals surface area contributed by atoms with Crippen molar-refractivity contribution in [1.29, 1.82) is 0 Å². The first kappa shape index (κ1) is 15.4. The normalized spacial score (nSPS) is 14.7. The predicted octanol–water partition coefficient (Wildman–Crippen LogP) is 3.24. The van der Waals surface area contributed by atoms with Crippen LogP contribution >= 0.6 is 0 Å². The lowest BCUT2D eigenvalue weighted by molar-refractivity contribution is -0.137. The number of amides is 1. The molecule has 3 N–H and O–H groups in total. The van der Waals surface area contributed by atoms with E-state index in [0.717, 1.165) is 23.6 Å². The number of benzene rings is 1. The molecular formula is C15H15F3N4O. The molecule has 0 saturated carbocycles. The summed E-state index contributed by atoms with van der Waals surface area (Å²) in [6.45, 7) is 0.617. The Balaban J connectivity index is 2.24. The van der Waals surface area contributed by atoms with Crippen molar-refractivity contribution < 1.29 is 18.0 Å². The lowest BCUT2D eigenvalue weighted by Gasteiger charge is -2.12. The number of alkyl halides is 3. The van der Waals surface area contributed by atoms with Crippen LogP contribution in [0.25, 0.3) is 11.3 Å². The van der Waals surface area contributed by atoms with Crippen LogP contribution in [0.2, 0.25) is 0 Å². The van der Waals surface area contributed by atoms with E-state index < -0.39 is 17.8 Å². The number of hydrogen-bond donors (Lipinski definition) is 2. The highest BCUT2D eigenvalue weighted by Crippen LogP contribution is 2.40. The van der Waals surface area contributed by atoms with Crippen molar-refractivity contribution in [2.75, 3.05) is 11.9 Å². The maximum atomic E-state index is 13.3.